The van der Waals surface area contributed by atoms with Gasteiger partial charge in [-0.1, -0.05) is 13.8 Å². The summed E-state index contributed by atoms with van der Waals surface area (Å²) in [6.45, 7) is 7.59. The van der Waals surface area contributed by atoms with Gasteiger partial charge >= 0.3 is 0 Å². The van der Waals surface area contributed by atoms with Crippen molar-refractivity contribution >= 4 is 0 Å². The number of hydrogen-bond donors (Lipinski definition) is 1. The predicted molar refractivity (Wildman–Crippen MR) is 83.2 cm³/mol. The summed E-state index contributed by atoms with van der Waals surface area (Å²) in [5.41, 5.74) is 2.61. The standard InChI is InChI=1S/C17H27N3O/c1-12(2)9-18-10-13-5-6-15-14(8-13)11-19-17(20-15)16-4-3-7-21-16/h11-13,16,18H,3-10H2,1-2H3. The molecule has 0 bridgehead atoms. The molecular weight excluding hydrogens is 262 g/mol. The largest absolute Gasteiger partial charge is 0.370 e. The number of fused-ring (bicyclic) bond motifs is 1. The number of hydrogen-bond acceptors (Lipinski definition) is 4. The van der Waals surface area contributed by atoms with Crippen LogP contribution >= 0.6 is 0 Å². The molecule has 1 aromatic rings. The Morgan fingerprint density at radius 1 is 1.38 bits per heavy atom. The van der Waals surface area contributed by atoms with E-state index in [1.165, 1.54) is 17.7 Å². The quantitative estimate of drug-likeness (QED) is 0.905. The van der Waals surface area contributed by atoms with Crippen LogP contribution in [0.5, 0.6) is 0 Å². The van der Waals surface area contributed by atoms with Crippen molar-refractivity contribution < 1.29 is 4.74 Å². The van der Waals surface area contributed by atoms with Crippen molar-refractivity contribution in [3.8, 4) is 0 Å². The molecule has 1 aromatic heterocycles. The van der Waals surface area contributed by atoms with E-state index in [-0.39, 0.29) is 6.10 Å². The fourth-order valence-electron chi connectivity index (χ4n) is 3.29. The molecule has 2 aliphatic rings. The summed E-state index contributed by atoms with van der Waals surface area (Å²) in [4.78, 5) is 9.34. The average molecular weight is 289 g/mol. The highest BCUT2D eigenvalue weighted by Crippen LogP contribution is 2.29. The minimum Gasteiger partial charge on any atom is -0.370 e. The molecule has 2 unspecified atom stereocenters. The van der Waals surface area contributed by atoms with Crippen LogP contribution < -0.4 is 5.32 Å². The van der Waals surface area contributed by atoms with Crippen LogP contribution in [0.3, 0.4) is 0 Å². The second-order valence-electron chi connectivity index (χ2n) is 6.86. The monoisotopic (exact) mass is 289 g/mol. The van der Waals surface area contributed by atoms with E-state index >= 15 is 0 Å². The van der Waals surface area contributed by atoms with Crippen LogP contribution in [0, 0.1) is 11.8 Å². The van der Waals surface area contributed by atoms with Crippen LogP contribution in [0.2, 0.25) is 0 Å². The van der Waals surface area contributed by atoms with E-state index in [1.807, 2.05) is 6.20 Å². The summed E-state index contributed by atoms with van der Waals surface area (Å²) >= 11 is 0. The molecule has 0 radical (unpaired) electrons. The van der Waals surface area contributed by atoms with Crippen LogP contribution in [0.15, 0.2) is 6.20 Å². The van der Waals surface area contributed by atoms with Crippen molar-refractivity contribution in [2.24, 2.45) is 11.8 Å². The van der Waals surface area contributed by atoms with E-state index in [1.54, 1.807) is 0 Å². The van der Waals surface area contributed by atoms with Gasteiger partial charge in [0, 0.05) is 18.5 Å². The summed E-state index contributed by atoms with van der Waals surface area (Å²) in [6.07, 6.45) is 7.84. The number of rotatable bonds is 5. The van der Waals surface area contributed by atoms with Crippen LogP contribution in [-0.2, 0) is 17.6 Å². The van der Waals surface area contributed by atoms with Crippen molar-refractivity contribution in [2.75, 3.05) is 19.7 Å². The molecule has 116 valence electrons. The molecule has 0 amide bonds. The zero-order valence-electron chi connectivity index (χ0n) is 13.3. The predicted octanol–water partition coefficient (Wildman–Crippen LogP) is 2.68. The number of aryl methyl sites for hydroxylation is 1. The van der Waals surface area contributed by atoms with E-state index in [0.717, 1.165) is 63.0 Å². The van der Waals surface area contributed by atoms with E-state index in [0.29, 0.717) is 0 Å². The van der Waals surface area contributed by atoms with Gasteiger partial charge in [0.25, 0.3) is 0 Å². The molecule has 0 saturated carbocycles. The van der Waals surface area contributed by atoms with E-state index in [9.17, 15) is 0 Å². The molecule has 4 nitrogen and oxygen atoms in total. The minimum absolute atomic E-state index is 0.140. The lowest BCUT2D eigenvalue weighted by Crippen LogP contribution is -2.30. The van der Waals surface area contributed by atoms with Crippen LogP contribution in [0.25, 0.3) is 0 Å². The van der Waals surface area contributed by atoms with Crippen LogP contribution in [-0.4, -0.2) is 29.7 Å². The second kappa shape index (κ2) is 6.84. The molecule has 2 atom stereocenters. The summed E-state index contributed by atoms with van der Waals surface area (Å²) in [6, 6.07) is 0. The van der Waals surface area contributed by atoms with E-state index in [2.05, 4.69) is 24.1 Å². The maximum Gasteiger partial charge on any atom is 0.157 e. The van der Waals surface area contributed by atoms with Gasteiger partial charge in [-0.2, -0.15) is 0 Å². The van der Waals surface area contributed by atoms with E-state index in [4.69, 9.17) is 9.72 Å². The smallest absolute Gasteiger partial charge is 0.157 e. The highest BCUT2D eigenvalue weighted by Gasteiger charge is 2.24. The van der Waals surface area contributed by atoms with Gasteiger partial charge in [0.05, 0.1) is 0 Å². The Hall–Kier alpha value is -1.00. The second-order valence-corrected chi connectivity index (χ2v) is 6.86. The molecule has 4 heteroatoms. The highest BCUT2D eigenvalue weighted by molar-refractivity contribution is 5.22. The molecule has 1 aliphatic carbocycles. The Morgan fingerprint density at radius 2 is 2.29 bits per heavy atom. The van der Waals surface area contributed by atoms with Gasteiger partial charge in [-0.05, 0) is 62.6 Å². The van der Waals surface area contributed by atoms with Gasteiger partial charge in [0.2, 0.25) is 0 Å². The molecule has 2 heterocycles. The molecule has 1 N–H and O–H groups in total. The Kier molecular flexibility index (Phi) is 4.86. The summed E-state index contributed by atoms with van der Waals surface area (Å²) < 4.78 is 5.69. The Balaban J connectivity index is 1.59. The molecule has 1 fully saturated rings. The van der Waals surface area contributed by atoms with Crippen molar-refractivity contribution in [1.29, 1.82) is 0 Å². The maximum absolute atomic E-state index is 5.69. The third-order valence-corrected chi connectivity index (χ3v) is 4.47. The Morgan fingerprint density at radius 3 is 3.05 bits per heavy atom. The minimum atomic E-state index is 0.140. The zero-order chi connectivity index (χ0) is 14.7. The third kappa shape index (κ3) is 3.80. The van der Waals surface area contributed by atoms with Gasteiger partial charge in [-0.15, -0.1) is 0 Å². The summed E-state index contributed by atoms with van der Waals surface area (Å²) in [7, 11) is 0. The normalized spacial score (nSPS) is 25.3. The first-order valence-corrected chi connectivity index (χ1v) is 8.39. The molecule has 1 aliphatic heterocycles. The summed E-state index contributed by atoms with van der Waals surface area (Å²) in [5.74, 6) is 2.36. The molecule has 1 saturated heterocycles. The number of aromatic nitrogens is 2. The van der Waals surface area contributed by atoms with E-state index < -0.39 is 0 Å². The third-order valence-electron chi connectivity index (χ3n) is 4.47. The molecule has 21 heavy (non-hydrogen) atoms. The van der Waals surface area contributed by atoms with Gasteiger partial charge in [0.15, 0.2) is 5.82 Å². The van der Waals surface area contributed by atoms with Crippen molar-refractivity contribution in [2.45, 2.75) is 52.1 Å². The topological polar surface area (TPSA) is 47.0 Å². The number of nitrogens with one attached hydrogen (secondary N) is 1. The molecule has 3 rings (SSSR count). The first kappa shape index (κ1) is 14.9. The fourth-order valence-corrected chi connectivity index (χ4v) is 3.29. The van der Waals surface area contributed by atoms with Gasteiger partial charge in [0.1, 0.15) is 6.10 Å². The molecular formula is C17H27N3O. The maximum atomic E-state index is 5.69. The van der Waals surface area contributed by atoms with Crippen LogP contribution in [0.4, 0.5) is 0 Å². The lowest BCUT2D eigenvalue weighted by molar-refractivity contribution is 0.104. The van der Waals surface area contributed by atoms with Crippen molar-refractivity contribution in [1.82, 2.24) is 15.3 Å². The average Bonchev–Trinajstić information content (AvgIpc) is 3.00. The number of ether oxygens (including phenoxy) is 1. The summed E-state index contributed by atoms with van der Waals surface area (Å²) in [5, 5.41) is 3.58. The van der Waals surface area contributed by atoms with Crippen molar-refractivity contribution in [3.05, 3.63) is 23.3 Å². The number of nitrogens with zero attached hydrogens (tertiary/aromatic N) is 2. The Labute approximate surface area is 127 Å². The highest BCUT2D eigenvalue weighted by atomic mass is 16.5. The van der Waals surface area contributed by atoms with Gasteiger partial charge in [-0.3, -0.25) is 0 Å². The van der Waals surface area contributed by atoms with Crippen molar-refractivity contribution in [3.63, 3.8) is 0 Å². The zero-order valence-corrected chi connectivity index (χ0v) is 13.3. The molecule has 0 aromatic carbocycles. The van der Waals surface area contributed by atoms with Gasteiger partial charge < -0.3 is 10.1 Å². The first-order valence-electron chi connectivity index (χ1n) is 8.39. The van der Waals surface area contributed by atoms with Crippen LogP contribution in [0.1, 0.15) is 56.3 Å². The SMILES string of the molecule is CC(C)CNCC1CCc2nc(C3CCCO3)ncc2C1. The lowest BCUT2D eigenvalue weighted by atomic mass is 9.87. The lowest BCUT2D eigenvalue weighted by Gasteiger charge is -2.25. The fraction of sp³-hybridized carbons (Fsp3) is 0.765. The van der Waals surface area contributed by atoms with Gasteiger partial charge in [-0.25, -0.2) is 9.97 Å². The first-order chi connectivity index (χ1) is 10.2. The Bertz CT molecular complexity index is 469. The molecule has 0 spiro atoms.